The highest BCUT2D eigenvalue weighted by Crippen LogP contribution is 2.49. The van der Waals surface area contributed by atoms with Gasteiger partial charge in [-0.15, -0.1) is 0 Å². The number of nitrogens with one attached hydrogen (secondary N) is 1. The Balaban J connectivity index is 1.38. The smallest absolute Gasteiger partial charge is 0.225 e. The van der Waals surface area contributed by atoms with Gasteiger partial charge in [-0.25, -0.2) is 17.5 Å². The van der Waals surface area contributed by atoms with Crippen LogP contribution in [-0.2, 0) is 14.6 Å². The van der Waals surface area contributed by atoms with Gasteiger partial charge < -0.3 is 10.2 Å². The number of nitriles is 1. The van der Waals surface area contributed by atoms with E-state index in [1.807, 2.05) is 30.5 Å². The molecule has 2 atom stereocenters. The maximum Gasteiger partial charge on any atom is 0.225 e. The Morgan fingerprint density at radius 1 is 1.02 bits per heavy atom. The van der Waals surface area contributed by atoms with Crippen molar-refractivity contribution in [2.24, 2.45) is 11.3 Å². The number of benzene rings is 2. The lowest BCUT2D eigenvalue weighted by atomic mass is 9.65. The molecule has 8 nitrogen and oxygen atoms in total. The second-order valence-corrected chi connectivity index (χ2v) is 15.1. The summed E-state index contributed by atoms with van der Waals surface area (Å²) in [5.41, 5.74) is 3.58. The van der Waals surface area contributed by atoms with Crippen LogP contribution in [-0.4, -0.2) is 54.2 Å². The Labute approximate surface area is 246 Å². The molecule has 10 heteroatoms. The summed E-state index contributed by atoms with van der Waals surface area (Å²) in [5.74, 6) is -0.619. The lowest BCUT2D eigenvalue weighted by Crippen LogP contribution is -2.44. The summed E-state index contributed by atoms with van der Waals surface area (Å²) in [6.45, 7) is 5.37. The van der Waals surface area contributed by atoms with Crippen LogP contribution in [0.15, 0.2) is 54.7 Å². The van der Waals surface area contributed by atoms with E-state index in [1.54, 1.807) is 16.8 Å². The van der Waals surface area contributed by atoms with E-state index in [0.29, 0.717) is 38.0 Å². The molecule has 220 valence electrons. The molecular formula is C32H36FN5O3S. The van der Waals surface area contributed by atoms with Crippen molar-refractivity contribution >= 4 is 21.4 Å². The van der Waals surface area contributed by atoms with Crippen molar-refractivity contribution < 1.29 is 17.6 Å². The molecule has 0 bridgehead atoms. The Morgan fingerprint density at radius 2 is 1.67 bits per heavy atom. The third-order valence-electron chi connectivity index (χ3n) is 9.13. The van der Waals surface area contributed by atoms with Gasteiger partial charge in [0, 0.05) is 42.4 Å². The molecule has 6 rings (SSSR count). The molecule has 42 heavy (non-hydrogen) atoms. The van der Waals surface area contributed by atoms with Gasteiger partial charge in [-0.3, -0.25) is 4.79 Å². The minimum atomic E-state index is -2.98. The van der Waals surface area contributed by atoms with E-state index in [1.165, 1.54) is 12.1 Å². The molecule has 1 N–H and O–H groups in total. The second kappa shape index (κ2) is 10.5. The Morgan fingerprint density at radius 3 is 2.29 bits per heavy atom. The Bertz CT molecular complexity index is 1620. The fourth-order valence-corrected chi connectivity index (χ4v) is 7.54. The van der Waals surface area contributed by atoms with Crippen LogP contribution < -0.4 is 10.2 Å². The van der Waals surface area contributed by atoms with Crippen molar-refractivity contribution in [2.75, 3.05) is 29.5 Å². The van der Waals surface area contributed by atoms with Crippen molar-refractivity contribution in [2.45, 2.75) is 57.4 Å². The number of rotatable bonds is 6. The van der Waals surface area contributed by atoms with E-state index in [-0.39, 0.29) is 40.5 Å². The molecule has 0 radical (unpaired) electrons. The highest BCUT2D eigenvalue weighted by atomic mass is 32.2. The van der Waals surface area contributed by atoms with E-state index in [4.69, 9.17) is 5.10 Å². The van der Waals surface area contributed by atoms with Crippen LogP contribution in [0.5, 0.6) is 0 Å². The number of hydrogen-bond donors (Lipinski definition) is 1. The minimum absolute atomic E-state index is 0.00330. The number of anilines is 1. The summed E-state index contributed by atoms with van der Waals surface area (Å²) in [5, 5.41) is 17.7. The first-order valence-corrected chi connectivity index (χ1v) is 16.4. The van der Waals surface area contributed by atoms with E-state index < -0.39 is 15.4 Å². The summed E-state index contributed by atoms with van der Waals surface area (Å²) in [6.07, 6.45) is 5.66. The Hall–Kier alpha value is -3.71. The van der Waals surface area contributed by atoms with Gasteiger partial charge in [-0.05, 0) is 79.5 Å². The summed E-state index contributed by atoms with van der Waals surface area (Å²) in [4.78, 5) is 15.7. The fraction of sp³-hybridized carbons (Fsp3) is 0.469. The SMILES string of the molecule is CC1(C)CCC(C(=O)NC2(C#N)CC2)C(c2nn(-c3ccc(F)cc3)cc2-c2ccc(N3CCS(=O)(=O)CC3)cc2)C1. The zero-order valence-corrected chi connectivity index (χ0v) is 24.8. The van der Waals surface area contributed by atoms with E-state index in [0.717, 1.165) is 35.3 Å². The van der Waals surface area contributed by atoms with Gasteiger partial charge in [0.1, 0.15) is 11.4 Å². The van der Waals surface area contributed by atoms with Gasteiger partial charge in [0.25, 0.3) is 0 Å². The largest absolute Gasteiger partial charge is 0.369 e. The standard InChI is InChI=1S/C32H36FN5O3S/c1-31(2)12-11-26(30(39)35-32(21-34)13-14-32)27(19-31)29-28(20-38(36-29)25-9-5-23(33)6-10-25)22-3-7-24(8-4-22)37-15-17-42(40,41)18-16-37/h3-10,20,26-27H,11-19H2,1-2H3,(H,35,39). The van der Waals surface area contributed by atoms with Gasteiger partial charge in [-0.1, -0.05) is 26.0 Å². The molecule has 2 aromatic carbocycles. The third kappa shape index (κ3) is 5.80. The van der Waals surface area contributed by atoms with Crippen molar-refractivity contribution in [3.8, 4) is 22.9 Å². The number of hydrogen-bond acceptors (Lipinski definition) is 6. The highest BCUT2D eigenvalue weighted by molar-refractivity contribution is 7.91. The van der Waals surface area contributed by atoms with Crippen LogP contribution >= 0.6 is 0 Å². The van der Waals surface area contributed by atoms with E-state index in [2.05, 4.69) is 30.1 Å². The predicted octanol–water partition coefficient (Wildman–Crippen LogP) is 5.00. The minimum Gasteiger partial charge on any atom is -0.369 e. The van der Waals surface area contributed by atoms with Crippen LogP contribution in [0.2, 0.25) is 0 Å². The third-order valence-corrected chi connectivity index (χ3v) is 10.7. The molecule has 0 spiro atoms. The first-order chi connectivity index (χ1) is 20.0. The number of carbonyl (C=O) groups excluding carboxylic acids is 1. The van der Waals surface area contributed by atoms with Gasteiger partial charge in [-0.2, -0.15) is 10.4 Å². The molecule has 3 fully saturated rings. The number of halogens is 1. The first kappa shape index (κ1) is 28.4. The fourth-order valence-electron chi connectivity index (χ4n) is 6.34. The summed E-state index contributed by atoms with van der Waals surface area (Å²) >= 11 is 0. The zero-order chi connectivity index (χ0) is 29.7. The van der Waals surface area contributed by atoms with E-state index in [9.17, 15) is 22.9 Å². The normalized spacial score (nSPS) is 24.0. The summed E-state index contributed by atoms with van der Waals surface area (Å²) in [7, 11) is -2.98. The van der Waals surface area contributed by atoms with Crippen molar-refractivity contribution in [3.63, 3.8) is 0 Å². The molecule has 2 unspecified atom stereocenters. The van der Waals surface area contributed by atoms with Crippen LogP contribution in [0.1, 0.15) is 57.6 Å². The zero-order valence-electron chi connectivity index (χ0n) is 24.0. The second-order valence-electron chi connectivity index (χ2n) is 12.8. The molecule has 2 aliphatic carbocycles. The number of nitrogens with zero attached hydrogens (tertiary/aromatic N) is 4. The van der Waals surface area contributed by atoms with Crippen LogP contribution in [0, 0.1) is 28.5 Å². The van der Waals surface area contributed by atoms with Crippen LogP contribution in [0.25, 0.3) is 16.8 Å². The van der Waals surface area contributed by atoms with Gasteiger partial charge in [0.15, 0.2) is 9.84 Å². The average molecular weight is 590 g/mol. The molecular weight excluding hydrogens is 553 g/mol. The molecule has 2 heterocycles. The quantitative estimate of drug-likeness (QED) is 0.434. The number of aromatic nitrogens is 2. The molecule has 3 aromatic rings. The van der Waals surface area contributed by atoms with Crippen molar-refractivity contribution in [3.05, 3.63) is 66.2 Å². The maximum atomic E-state index is 13.7. The predicted molar refractivity (Wildman–Crippen MR) is 159 cm³/mol. The number of carbonyl (C=O) groups is 1. The molecule has 2 saturated carbocycles. The van der Waals surface area contributed by atoms with E-state index >= 15 is 0 Å². The van der Waals surface area contributed by atoms with Gasteiger partial charge in [0.2, 0.25) is 5.91 Å². The molecule has 1 amide bonds. The molecule has 3 aliphatic rings. The number of sulfone groups is 1. The monoisotopic (exact) mass is 589 g/mol. The average Bonchev–Trinajstić information content (AvgIpc) is 3.59. The highest BCUT2D eigenvalue weighted by Gasteiger charge is 2.48. The molecule has 1 aliphatic heterocycles. The van der Waals surface area contributed by atoms with Gasteiger partial charge in [0.05, 0.1) is 29.0 Å². The van der Waals surface area contributed by atoms with Crippen molar-refractivity contribution in [1.29, 1.82) is 5.26 Å². The van der Waals surface area contributed by atoms with Crippen LogP contribution in [0.4, 0.5) is 10.1 Å². The number of amides is 1. The topological polar surface area (TPSA) is 108 Å². The lowest BCUT2D eigenvalue weighted by Gasteiger charge is -2.40. The Kier molecular flexibility index (Phi) is 7.12. The van der Waals surface area contributed by atoms with Crippen molar-refractivity contribution in [1.82, 2.24) is 15.1 Å². The summed E-state index contributed by atoms with van der Waals surface area (Å²) in [6, 6.07) is 16.5. The molecule has 1 aromatic heterocycles. The first-order valence-electron chi connectivity index (χ1n) is 14.6. The lowest BCUT2D eigenvalue weighted by molar-refractivity contribution is -0.128. The van der Waals surface area contributed by atoms with Gasteiger partial charge >= 0.3 is 0 Å². The van der Waals surface area contributed by atoms with Crippen LogP contribution in [0.3, 0.4) is 0 Å². The molecule has 1 saturated heterocycles. The maximum absolute atomic E-state index is 13.7. The summed E-state index contributed by atoms with van der Waals surface area (Å²) < 4.78 is 39.3.